The highest BCUT2D eigenvalue weighted by Crippen LogP contribution is 2.28. The molecule has 4 heteroatoms. The molecule has 0 saturated carbocycles. The number of hydrogen-bond donors (Lipinski definition) is 0. The van der Waals surface area contributed by atoms with Crippen molar-refractivity contribution in [2.75, 3.05) is 7.11 Å². The number of rotatable bonds is 13. The summed E-state index contributed by atoms with van der Waals surface area (Å²) < 4.78 is 18.3. The Morgan fingerprint density at radius 3 is 2.08 bits per heavy atom. The van der Waals surface area contributed by atoms with Crippen molar-refractivity contribution >= 4 is 8.32 Å². The third-order valence-corrected chi connectivity index (χ3v) is 10.3. The average molecular weight is 379 g/mol. The van der Waals surface area contributed by atoms with Gasteiger partial charge in [0.05, 0.1) is 25.9 Å². The fourth-order valence-electron chi connectivity index (χ4n) is 3.54. The summed E-state index contributed by atoms with van der Waals surface area (Å²) in [4.78, 5) is 0. The Morgan fingerprint density at radius 1 is 1.04 bits per heavy atom. The Morgan fingerprint density at radius 2 is 1.62 bits per heavy atom. The standard InChI is InChI=1S/C22H38O3Si/c1-8-12-18(5)22(19(6)25-26(9-2,10-3)11-4)24-17-20-13-15-21(23-7)16-14-20/h8,13-16,18-19,22H,1,9-12,17H2,2-7H3/t18-,19-,22+/m1/s1. The Hall–Kier alpha value is -1.10. The molecule has 1 aromatic rings. The van der Waals surface area contributed by atoms with Crippen LogP contribution in [0.2, 0.25) is 18.1 Å². The van der Waals surface area contributed by atoms with Crippen molar-refractivity contribution in [1.29, 1.82) is 0 Å². The van der Waals surface area contributed by atoms with Gasteiger partial charge < -0.3 is 13.9 Å². The van der Waals surface area contributed by atoms with Crippen LogP contribution < -0.4 is 4.74 Å². The lowest BCUT2D eigenvalue weighted by molar-refractivity contribution is -0.0597. The smallest absolute Gasteiger partial charge is 0.192 e. The summed E-state index contributed by atoms with van der Waals surface area (Å²) >= 11 is 0. The number of ether oxygens (including phenoxy) is 2. The highest BCUT2D eigenvalue weighted by molar-refractivity contribution is 6.73. The van der Waals surface area contributed by atoms with Crippen LogP contribution in [0.1, 0.15) is 46.6 Å². The third kappa shape index (κ3) is 6.56. The van der Waals surface area contributed by atoms with Crippen molar-refractivity contribution in [3.05, 3.63) is 42.5 Å². The minimum absolute atomic E-state index is 0.0617. The molecule has 0 radical (unpaired) electrons. The largest absolute Gasteiger partial charge is 0.497 e. The molecule has 1 aromatic carbocycles. The van der Waals surface area contributed by atoms with E-state index in [1.807, 2.05) is 18.2 Å². The lowest BCUT2D eigenvalue weighted by Crippen LogP contribution is -2.45. The monoisotopic (exact) mass is 378 g/mol. The zero-order valence-corrected chi connectivity index (χ0v) is 18.6. The van der Waals surface area contributed by atoms with Crippen LogP contribution in [0.4, 0.5) is 0 Å². The molecule has 0 saturated heterocycles. The van der Waals surface area contributed by atoms with Gasteiger partial charge in [-0.2, -0.15) is 0 Å². The van der Waals surface area contributed by atoms with Crippen LogP contribution in [0.15, 0.2) is 36.9 Å². The maximum atomic E-state index is 6.70. The fraction of sp³-hybridized carbons (Fsp3) is 0.636. The molecule has 0 aliphatic heterocycles. The van der Waals surface area contributed by atoms with Crippen LogP contribution in [0, 0.1) is 5.92 Å². The van der Waals surface area contributed by atoms with Gasteiger partial charge in [0.2, 0.25) is 0 Å². The van der Waals surface area contributed by atoms with E-state index in [2.05, 4.69) is 53.3 Å². The van der Waals surface area contributed by atoms with Gasteiger partial charge in [0, 0.05) is 0 Å². The van der Waals surface area contributed by atoms with Crippen LogP contribution >= 0.6 is 0 Å². The average Bonchev–Trinajstić information content (AvgIpc) is 2.67. The van der Waals surface area contributed by atoms with E-state index in [-0.39, 0.29) is 12.2 Å². The summed E-state index contributed by atoms with van der Waals surface area (Å²) in [6, 6.07) is 11.5. The van der Waals surface area contributed by atoms with Crippen molar-refractivity contribution in [1.82, 2.24) is 0 Å². The molecule has 26 heavy (non-hydrogen) atoms. The van der Waals surface area contributed by atoms with E-state index in [1.54, 1.807) is 7.11 Å². The third-order valence-electron chi connectivity index (χ3n) is 5.53. The van der Waals surface area contributed by atoms with Gasteiger partial charge in [-0.3, -0.25) is 0 Å². The zero-order valence-electron chi connectivity index (χ0n) is 17.6. The van der Waals surface area contributed by atoms with E-state index in [0.29, 0.717) is 12.5 Å². The van der Waals surface area contributed by atoms with Gasteiger partial charge in [-0.25, -0.2) is 0 Å². The maximum Gasteiger partial charge on any atom is 0.192 e. The van der Waals surface area contributed by atoms with E-state index in [9.17, 15) is 0 Å². The summed E-state index contributed by atoms with van der Waals surface area (Å²) in [6.07, 6.45) is 3.06. The van der Waals surface area contributed by atoms with Crippen LogP contribution in [0.3, 0.4) is 0 Å². The predicted molar refractivity (Wildman–Crippen MR) is 113 cm³/mol. The summed E-state index contributed by atoms with van der Waals surface area (Å²) in [5.74, 6) is 1.24. The highest BCUT2D eigenvalue weighted by Gasteiger charge is 2.35. The van der Waals surface area contributed by atoms with Gasteiger partial charge in [-0.1, -0.05) is 45.9 Å². The maximum absolute atomic E-state index is 6.70. The minimum Gasteiger partial charge on any atom is -0.497 e. The molecule has 0 fully saturated rings. The first-order valence-electron chi connectivity index (χ1n) is 9.98. The van der Waals surface area contributed by atoms with Gasteiger partial charge in [0.25, 0.3) is 0 Å². The highest BCUT2D eigenvalue weighted by atomic mass is 28.4. The van der Waals surface area contributed by atoms with Crippen molar-refractivity contribution in [2.24, 2.45) is 5.92 Å². The molecular weight excluding hydrogens is 340 g/mol. The zero-order chi connectivity index (χ0) is 19.6. The van der Waals surface area contributed by atoms with Gasteiger partial charge in [-0.15, -0.1) is 6.58 Å². The first-order valence-corrected chi connectivity index (χ1v) is 12.5. The number of benzene rings is 1. The molecule has 0 N–H and O–H groups in total. The lowest BCUT2D eigenvalue weighted by Gasteiger charge is -2.37. The van der Waals surface area contributed by atoms with Crippen molar-refractivity contribution < 1.29 is 13.9 Å². The first-order chi connectivity index (χ1) is 12.4. The fourth-order valence-corrected chi connectivity index (χ4v) is 6.46. The van der Waals surface area contributed by atoms with Crippen molar-refractivity contribution in [3.63, 3.8) is 0 Å². The summed E-state index contributed by atoms with van der Waals surface area (Å²) in [6.45, 7) is 15.7. The van der Waals surface area contributed by atoms with Gasteiger partial charge >= 0.3 is 0 Å². The van der Waals surface area contributed by atoms with Gasteiger partial charge in [0.1, 0.15) is 5.75 Å². The minimum atomic E-state index is -1.66. The second kappa shape index (κ2) is 11.6. The molecule has 0 aliphatic rings. The van der Waals surface area contributed by atoms with Crippen LogP contribution in [0.5, 0.6) is 5.75 Å². The SMILES string of the molecule is C=CC[C@@H](C)[C@H](OCc1ccc(OC)cc1)[C@@H](C)O[Si](CC)(CC)CC. The summed E-state index contributed by atoms with van der Waals surface area (Å²) in [5, 5.41) is 0. The Labute approximate surface area is 161 Å². The molecule has 148 valence electrons. The Balaban J connectivity index is 2.83. The number of allylic oxidation sites excluding steroid dienone is 1. The normalized spacial score (nSPS) is 15.3. The molecule has 0 aromatic heterocycles. The molecule has 3 nitrogen and oxygen atoms in total. The van der Waals surface area contributed by atoms with E-state index in [4.69, 9.17) is 13.9 Å². The molecule has 0 bridgehead atoms. The lowest BCUT2D eigenvalue weighted by atomic mass is 9.97. The number of hydrogen-bond acceptors (Lipinski definition) is 3. The van der Waals surface area contributed by atoms with Gasteiger partial charge in [0.15, 0.2) is 8.32 Å². The molecule has 3 atom stereocenters. The predicted octanol–water partition coefficient (Wildman–Crippen LogP) is 6.20. The van der Waals surface area contributed by atoms with Crippen molar-refractivity contribution in [3.8, 4) is 5.75 Å². The molecule has 1 rings (SSSR count). The Bertz CT molecular complexity index is 502. The van der Waals surface area contributed by atoms with Crippen LogP contribution in [-0.4, -0.2) is 27.6 Å². The van der Waals surface area contributed by atoms with E-state index in [0.717, 1.165) is 35.9 Å². The molecule has 0 amide bonds. The second-order valence-corrected chi connectivity index (χ2v) is 11.9. The summed E-state index contributed by atoms with van der Waals surface area (Å²) in [5.41, 5.74) is 1.15. The molecule has 0 unspecified atom stereocenters. The van der Waals surface area contributed by atoms with Crippen LogP contribution in [0.25, 0.3) is 0 Å². The first kappa shape index (κ1) is 22.9. The summed E-state index contributed by atoms with van der Waals surface area (Å²) in [7, 11) is 0.0283. The topological polar surface area (TPSA) is 27.7 Å². The second-order valence-electron chi connectivity index (χ2n) is 7.19. The molecule has 0 aliphatic carbocycles. The molecular formula is C22H38O3Si. The molecule has 0 heterocycles. The van der Waals surface area contributed by atoms with E-state index < -0.39 is 8.32 Å². The van der Waals surface area contributed by atoms with Crippen molar-refractivity contribution in [2.45, 2.75) is 78.0 Å². The van der Waals surface area contributed by atoms with E-state index >= 15 is 0 Å². The Kier molecular flexibility index (Phi) is 10.2. The van der Waals surface area contributed by atoms with Crippen LogP contribution in [-0.2, 0) is 15.8 Å². The van der Waals surface area contributed by atoms with E-state index in [1.165, 1.54) is 0 Å². The van der Waals surface area contributed by atoms with Gasteiger partial charge in [-0.05, 0) is 55.1 Å². The molecule has 0 spiro atoms. The number of methoxy groups -OCH3 is 1. The quantitative estimate of drug-likeness (QED) is 0.302.